The van der Waals surface area contributed by atoms with Crippen molar-refractivity contribution in [2.45, 2.75) is 13.8 Å². The first kappa shape index (κ1) is 11.2. The Balaban J connectivity index is 3.26. The fraction of sp³-hybridized carbons (Fsp3) is 0.444. The lowest BCUT2D eigenvalue weighted by Gasteiger charge is -2.29. The fourth-order valence-electron chi connectivity index (χ4n) is 1.45. The van der Waals surface area contributed by atoms with Crippen molar-refractivity contribution in [3.63, 3.8) is 0 Å². The van der Waals surface area contributed by atoms with Crippen molar-refractivity contribution >= 4 is 17.7 Å². The van der Waals surface area contributed by atoms with E-state index in [2.05, 4.69) is 10.3 Å². The zero-order valence-corrected chi connectivity index (χ0v) is 8.87. The molecule has 0 fully saturated rings. The molecule has 0 aromatic heterocycles. The number of carboxylic acid groups (broad SMARTS) is 1. The molecule has 0 radical (unpaired) electrons. The first-order valence-electron chi connectivity index (χ1n) is 4.43. The molecule has 82 valence electrons. The molecular formula is C9H13N3O3. The van der Waals surface area contributed by atoms with Gasteiger partial charge in [-0.25, -0.2) is 4.79 Å². The van der Waals surface area contributed by atoms with Crippen molar-refractivity contribution in [1.82, 2.24) is 10.2 Å². The molecule has 0 aromatic carbocycles. The summed E-state index contributed by atoms with van der Waals surface area (Å²) in [6.45, 7) is 3.29. The summed E-state index contributed by atoms with van der Waals surface area (Å²) in [4.78, 5) is 27.3. The fourth-order valence-corrected chi connectivity index (χ4v) is 1.45. The van der Waals surface area contributed by atoms with Gasteiger partial charge < -0.3 is 10.4 Å². The van der Waals surface area contributed by atoms with Crippen LogP contribution in [0.25, 0.3) is 0 Å². The number of carbonyl (C=O) groups excluding carboxylic acids is 1. The van der Waals surface area contributed by atoms with Gasteiger partial charge in [-0.1, -0.05) is 0 Å². The van der Waals surface area contributed by atoms with Crippen LogP contribution in [0, 0.1) is 0 Å². The van der Waals surface area contributed by atoms with Crippen molar-refractivity contribution < 1.29 is 14.7 Å². The minimum absolute atomic E-state index is 0.0608. The molecule has 0 aromatic rings. The van der Waals surface area contributed by atoms with E-state index < -0.39 is 5.97 Å². The Labute approximate surface area is 87.3 Å². The third-order valence-electron chi connectivity index (χ3n) is 2.12. The van der Waals surface area contributed by atoms with Gasteiger partial charge in [-0.3, -0.25) is 14.7 Å². The molecule has 1 rings (SSSR count). The van der Waals surface area contributed by atoms with Crippen LogP contribution in [-0.2, 0) is 9.59 Å². The quantitative estimate of drug-likeness (QED) is 0.628. The maximum absolute atomic E-state index is 11.3. The number of carbonyl (C=O) groups is 2. The van der Waals surface area contributed by atoms with Crippen molar-refractivity contribution in [3.05, 3.63) is 11.4 Å². The maximum atomic E-state index is 11.3. The summed E-state index contributed by atoms with van der Waals surface area (Å²) in [5, 5.41) is 11.9. The largest absolute Gasteiger partial charge is 0.477 e. The van der Waals surface area contributed by atoms with Crippen molar-refractivity contribution in [2.24, 2.45) is 4.99 Å². The minimum Gasteiger partial charge on any atom is -0.477 e. The van der Waals surface area contributed by atoms with E-state index in [-0.39, 0.29) is 11.6 Å². The third-order valence-corrected chi connectivity index (χ3v) is 2.12. The molecule has 1 aliphatic heterocycles. The highest BCUT2D eigenvalue weighted by Crippen LogP contribution is 2.15. The summed E-state index contributed by atoms with van der Waals surface area (Å²) < 4.78 is 0. The van der Waals surface area contributed by atoms with Crippen molar-refractivity contribution in [3.8, 4) is 0 Å². The Hall–Kier alpha value is -1.85. The zero-order valence-electron chi connectivity index (χ0n) is 8.87. The smallest absolute Gasteiger partial charge is 0.354 e. The van der Waals surface area contributed by atoms with Crippen LogP contribution in [0.5, 0.6) is 0 Å². The Bertz CT molecular complexity index is 371. The lowest BCUT2D eigenvalue weighted by Crippen LogP contribution is -2.48. The van der Waals surface area contributed by atoms with Gasteiger partial charge in [-0.2, -0.15) is 0 Å². The number of aliphatic imine (C=N–C) groups is 1. The lowest BCUT2D eigenvalue weighted by molar-refractivity contribution is -0.137. The van der Waals surface area contributed by atoms with E-state index >= 15 is 0 Å². The monoisotopic (exact) mass is 211 g/mol. The van der Waals surface area contributed by atoms with Crippen LogP contribution in [-0.4, -0.2) is 41.3 Å². The van der Waals surface area contributed by atoms with Gasteiger partial charge in [0.1, 0.15) is 5.84 Å². The van der Waals surface area contributed by atoms with Gasteiger partial charge in [0, 0.05) is 19.7 Å². The van der Waals surface area contributed by atoms with Gasteiger partial charge >= 0.3 is 5.97 Å². The third kappa shape index (κ3) is 1.98. The van der Waals surface area contributed by atoms with Gasteiger partial charge in [0.25, 0.3) is 0 Å². The van der Waals surface area contributed by atoms with Crippen LogP contribution in [0.4, 0.5) is 0 Å². The number of rotatable bonds is 1. The molecule has 1 aliphatic rings. The van der Waals surface area contributed by atoms with Crippen LogP contribution in [0.15, 0.2) is 16.4 Å². The number of nitrogens with zero attached hydrogens (tertiary/aromatic N) is 2. The number of nitrogens with one attached hydrogen (secondary N) is 1. The highest BCUT2D eigenvalue weighted by Gasteiger charge is 2.30. The number of carboxylic acids is 1. The number of hydrogen-bond donors (Lipinski definition) is 2. The summed E-state index contributed by atoms with van der Waals surface area (Å²) in [6, 6.07) is 0. The molecule has 1 amide bonds. The summed E-state index contributed by atoms with van der Waals surface area (Å²) in [5.74, 6) is -1.09. The molecule has 2 N–H and O–H groups in total. The van der Waals surface area contributed by atoms with Gasteiger partial charge in [0.15, 0.2) is 5.70 Å². The molecule has 6 heteroatoms. The Morgan fingerprint density at radius 1 is 1.53 bits per heavy atom. The highest BCUT2D eigenvalue weighted by molar-refractivity contribution is 6.07. The number of aliphatic carboxylic acids is 1. The molecule has 0 atom stereocenters. The molecule has 0 saturated carbocycles. The van der Waals surface area contributed by atoms with E-state index in [0.717, 1.165) is 4.90 Å². The van der Waals surface area contributed by atoms with E-state index in [1.807, 2.05) is 0 Å². The number of allylic oxidation sites excluding steroid dienone is 1. The molecule has 0 spiro atoms. The minimum atomic E-state index is -1.14. The Kier molecular flexibility index (Phi) is 3.08. The van der Waals surface area contributed by atoms with E-state index in [0.29, 0.717) is 18.1 Å². The first-order valence-corrected chi connectivity index (χ1v) is 4.43. The zero-order chi connectivity index (χ0) is 11.6. The highest BCUT2D eigenvalue weighted by atomic mass is 16.4. The molecule has 0 unspecified atom stereocenters. The predicted molar refractivity (Wildman–Crippen MR) is 54.2 cm³/mol. The number of hydrogen-bond acceptors (Lipinski definition) is 4. The molecule has 0 saturated heterocycles. The molecule has 1 heterocycles. The van der Waals surface area contributed by atoms with Gasteiger partial charge in [-0.15, -0.1) is 0 Å². The summed E-state index contributed by atoms with van der Waals surface area (Å²) >= 11 is 0. The normalized spacial score (nSPS) is 19.1. The summed E-state index contributed by atoms with van der Waals surface area (Å²) in [5.41, 5.74) is 0.402. The Morgan fingerprint density at radius 2 is 2.13 bits per heavy atom. The second kappa shape index (κ2) is 4.12. The topological polar surface area (TPSA) is 82.0 Å². The average molecular weight is 211 g/mol. The average Bonchev–Trinajstić information content (AvgIpc) is 2.16. The summed E-state index contributed by atoms with van der Waals surface area (Å²) in [7, 11) is 1.52. The lowest BCUT2D eigenvalue weighted by atomic mass is 10.2. The molecule has 6 nitrogen and oxygen atoms in total. The van der Waals surface area contributed by atoms with Crippen molar-refractivity contribution in [2.75, 3.05) is 13.6 Å². The molecule has 0 aliphatic carbocycles. The van der Waals surface area contributed by atoms with Crippen LogP contribution < -0.4 is 5.32 Å². The molecule has 15 heavy (non-hydrogen) atoms. The first-order chi connectivity index (χ1) is 6.99. The molecular weight excluding hydrogens is 198 g/mol. The second-order valence-corrected chi connectivity index (χ2v) is 3.13. The van der Waals surface area contributed by atoms with Crippen LogP contribution in [0.3, 0.4) is 0 Å². The van der Waals surface area contributed by atoms with Gasteiger partial charge in [0.05, 0.1) is 6.54 Å². The van der Waals surface area contributed by atoms with Gasteiger partial charge in [-0.05, 0) is 6.92 Å². The van der Waals surface area contributed by atoms with E-state index in [1.54, 1.807) is 6.92 Å². The van der Waals surface area contributed by atoms with Crippen LogP contribution >= 0.6 is 0 Å². The molecule has 0 bridgehead atoms. The summed E-state index contributed by atoms with van der Waals surface area (Å²) in [6.07, 6.45) is 0. The Morgan fingerprint density at radius 3 is 2.53 bits per heavy atom. The van der Waals surface area contributed by atoms with Crippen LogP contribution in [0.1, 0.15) is 13.8 Å². The number of amidine groups is 1. The van der Waals surface area contributed by atoms with Crippen molar-refractivity contribution in [1.29, 1.82) is 0 Å². The standard InChI is InChI=1S/C9H13N3O3/c1-5-8(9(14)15)12(6(2)13)7(10-3)4-11-5/h11H,4H2,1-3H3,(H,14,15). The van der Waals surface area contributed by atoms with Gasteiger partial charge in [0.2, 0.25) is 5.91 Å². The predicted octanol–water partition coefficient (Wildman–Crippen LogP) is -0.218. The van der Waals surface area contributed by atoms with E-state index in [9.17, 15) is 9.59 Å². The SMILES string of the molecule is CN=C1CNC(C)=C(C(=O)O)N1C(C)=O. The second-order valence-electron chi connectivity index (χ2n) is 3.13. The van der Waals surface area contributed by atoms with E-state index in [1.165, 1.54) is 14.0 Å². The van der Waals surface area contributed by atoms with Crippen LogP contribution in [0.2, 0.25) is 0 Å². The maximum Gasteiger partial charge on any atom is 0.354 e. The number of amides is 1. The van der Waals surface area contributed by atoms with E-state index in [4.69, 9.17) is 5.11 Å².